The quantitative estimate of drug-likeness (QED) is 0.744. The van der Waals surface area contributed by atoms with E-state index >= 15 is 0 Å². The molecule has 1 aromatic rings. The number of carbonyl (C=O) groups excluding carboxylic acids is 1. The maximum Gasteiger partial charge on any atom is 0.347 e. The van der Waals surface area contributed by atoms with Gasteiger partial charge in [0.05, 0.1) is 5.69 Å². The van der Waals surface area contributed by atoms with E-state index in [1.54, 1.807) is 6.92 Å². The predicted molar refractivity (Wildman–Crippen MR) is 63.5 cm³/mol. The van der Waals surface area contributed by atoms with E-state index < -0.39 is 5.97 Å². The van der Waals surface area contributed by atoms with Gasteiger partial charge in [-0.05, 0) is 19.8 Å². The fraction of sp³-hybridized carbons (Fsp3) is 0.500. The van der Waals surface area contributed by atoms with Crippen molar-refractivity contribution in [3.63, 3.8) is 0 Å². The van der Waals surface area contributed by atoms with Gasteiger partial charge in [0.2, 0.25) is 5.91 Å². The van der Waals surface area contributed by atoms with E-state index in [9.17, 15) is 9.59 Å². The zero-order valence-electron chi connectivity index (χ0n) is 9.32. The molecule has 92 valence electrons. The second-order valence-corrected chi connectivity index (χ2v) is 4.87. The number of hydrogen-bond acceptors (Lipinski definition) is 5. The van der Waals surface area contributed by atoms with Crippen LogP contribution in [0, 0.1) is 6.92 Å². The van der Waals surface area contributed by atoms with Gasteiger partial charge in [0.15, 0.2) is 5.13 Å². The molecule has 1 unspecified atom stereocenters. The molecule has 2 rings (SSSR count). The first kappa shape index (κ1) is 11.8. The van der Waals surface area contributed by atoms with Crippen LogP contribution in [0.15, 0.2) is 0 Å². The Labute approximate surface area is 102 Å². The van der Waals surface area contributed by atoms with Gasteiger partial charge in [-0.25, -0.2) is 9.78 Å². The number of nitrogens with one attached hydrogen (secondary N) is 2. The molecule has 1 fully saturated rings. The summed E-state index contributed by atoms with van der Waals surface area (Å²) in [6.45, 7) is 2.35. The topological polar surface area (TPSA) is 91.3 Å². The molecule has 1 aliphatic rings. The molecule has 0 saturated carbocycles. The molecule has 1 aromatic heterocycles. The second kappa shape index (κ2) is 4.70. The third-order valence-corrected chi connectivity index (χ3v) is 3.65. The summed E-state index contributed by atoms with van der Waals surface area (Å²) in [6, 6.07) is -0.309. The number of carboxylic acid groups (broad SMARTS) is 1. The minimum absolute atomic E-state index is 0.0546. The third kappa shape index (κ3) is 2.55. The molecule has 0 bridgehead atoms. The molecule has 17 heavy (non-hydrogen) atoms. The maximum absolute atomic E-state index is 11.5. The lowest BCUT2D eigenvalue weighted by Crippen LogP contribution is -2.44. The number of carbonyl (C=O) groups is 2. The molecule has 6 nitrogen and oxygen atoms in total. The lowest BCUT2D eigenvalue weighted by molar-refractivity contribution is -0.123. The van der Waals surface area contributed by atoms with Crippen molar-refractivity contribution in [3.05, 3.63) is 10.6 Å². The van der Waals surface area contributed by atoms with Gasteiger partial charge in [-0.1, -0.05) is 11.3 Å². The van der Waals surface area contributed by atoms with Crippen LogP contribution in [-0.4, -0.2) is 34.6 Å². The molecule has 1 amide bonds. The van der Waals surface area contributed by atoms with Crippen molar-refractivity contribution in [2.75, 3.05) is 11.9 Å². The normalized spacial score (nSPS) is 19.8. The van der Waals surface area contributed by atoms with Crippen LogP contribution in [0.3, 0.4) is 0 Å². The van der Waals surface area contributed by atoms with Crippen molar-refractivity contribution in [3.8, 4) is 0 Å². The van der Waals surface area contributed by atoms with E-state index in [4.69, 9.17) is 5.11 Å². The fourth-order valence-corrected chi connectivity index (χ4v) is 2.57. The average Bonchev–Trinajstić information content (AvgIpc) is 2.63. The minimum atomic E-state index is -0.985. The van der Waals surface area contributed by atoms with E-state index in [2.05, 4.69) is 15.6 Å². The number of thiazole rings is 1. The van der Waals surface area contributed by atoms with Crippen molar-refractivity contribution in [2.24, 2.45) is 0 Å². The van der Waals surface area contributed by atoms with Crippen LogP contribution >= 0.6 is 11.3 Å². The number of aryl methyl sites for hydroxylation is 1. The Hall–Kier alpha value is -1.63. The Morgan fingerprint density at radius 2 is 2.41 bits per heavy atom. The van der Waals surface area contributed by atoms with Crippen LogP contribution in [0.4, 0.5) is 5.13 Å². The highest BCUT2D eigenvalue weighted by molar-refractivity contribution is 7.17. The van der Waals surface area contributed by atoms with Crippen molar-refractivity contribution < 1.29 is 14.7 Å². The summed E-state index contributed by atoms with van der Waals surface area (Å²) >= 11 is 1.06. The molecule has 3 N–H and O–H groups in total. The van der Waals surface area contributed by atoms with Crippen LogP contribution in [0.1, 0.15) is 28.2 Å². The number of amides is 1. The van der Waals surface area contributed by atoms with Gasteiger partial charge in [-0.15, -0.1) is 0 Å². The molecule has 0 aliphatic carbocycles. The molecule has 1 atom stereocenters. The zero-order chi connectivity index (χ0) is 12.4. The summed E-state index contributed by atoms with van der Waals surface area (Å²) < 4.78 is 0. The highest BCUT2D eigenvalue weighted by Gasteiger charge is 2.23. The summed E-state index contributed by atoms with van der Waals surface area (Å²) in [6.07, 6.45) is 1.66. The molecular weight excluding hydrogens is 242 g/mol. The van der Waals surface area contributed by atoms with Crippen molar-refractivity contribution >= 4 is 28.3 Å². The Kier molecular flexibility index (Phi) is 3.28. The number of aromatic nitrogens is 1. The molecule has 1 aliphatic heterocycles. The number of hydrogen-bond donors (Lipinski definition) is 3. The first-order valence-electron chi connectivity index (χ1n) is 5.33. The summed E-state index contributed by atoms with van der Waals surface area (Å²) in [5.74, 6) is -1.04. The number of carboxylic acids is 1. The minimum Gasteiger partial charge on any atom is -0.477 e. The Morgan fingerprint density at radius 3 is 3.00 bits per heavy atom. The largest absolute Gasteiger partial charge is 0.477 e. The van der Waals surface area contributed by atoms with Gasteiger partial charge >= 0.3 is 5.97 Å². The molecule has 1 saturated heterocycles. The highest BCUT2D eigenvalue weighted by atomic mass is 32.1. The second-order valence-electron chi connectivity index (χ2n) is 3.87. The average molecular weight is 255 g/mol. The maximum atomic E-state index is 11.5. The third-order valence-electron chi connectivity index (χ3n) is 2.57. The monoisotopic (exact) mass is 255 g/mol. The molecule has 0 radical (unpaired) electrons. The van der Waals surface area contributed by atoms with Gasteiger partial charge in [0.1, 0.15) is 10.9 Å². The lowest BCUT2D eigenvalue weighted by Gasteiger charge is -2.22. The summed E-state index contributed by atoms with van der Waals surface area (Å²) in [5, 5.41) is 15.1. The standard InChI is InChI=1S/C10H13N3O3S/c1-5-7(9(15)16)17-10(12-5)13-6-3-2-4-11-8(6)14/h6H,2-4H2,1H3,(H,11,14)(H,12,13)(H,15,16). The number of aromatic carboxylic acids is 1. The lowest BCUT2D eigenvalue weighted by atomic mass is 10.1. The number of anilines is 1. The fourth-order valence-electron chi connectivity index (χ4n) is 1.72. The van der Waals surface area contributed by atoms with Crippen molar-refractivity contribution in [2.45, 2.75) is 25.8 Å². The van der Waals surface area contributed by atoms with E-state index in [1.807, 2.05) is 0 Å². The summed E-state index contributed by atoms with van der Waals surface area (Å²) in [5.41, 5.74) is 0.473. The van der Waals surface area contributed by atoms with Crippen LogP contribution in [-0.2, 0) is 4.79 Å². The van der Waals surface area contributed by atoms with Crippen LogP contribution in [0.2, 0.25) is 0 Å². The first-order valence-corrected chi connectivity index (χ1v) is 6.14. The molecule has 2 heterocycles. The van der Waals surface area contributed by atoms with Gasteiger partial charge < -0.3 is 15.7 Å². The number of piperidine rings is 1. The van der Waals surface area contributed by atoms with Crippen LogP contribution in [0.5, 0.6) is 0 Å². The first-order chi connectivity index (χ1) is 8.08. The SMILES string of the molecule is Cc1nc(NC2CCCNC2=O)sc1C(=O)O. The van der Waals surface area contributed by atoms with Gasteiger partial charge in [-0.2, -0.15) is 0 Å². The Morgan fingerprint density at radius 1 is 1.65 bits per heavy atom. The van der Waals surface area contributed by atoms with E-state index in [-0.39, 0.29) is 16.8 Å². The Bertz CT molecular complexity index is 458. The molecule has 0 aromatic carbocycles. The number of nitrogens with zero attached hydrogens (tertiary/aromatic N) is 1. The smallest absolute Gasteiger partial charge is 0.347 e. The highest BCUT2D eigenvalue weighted by Crippen LogP contribution is 2.24. The van der Waals surface area contributed by atoms with Crippen LogP contribution in [0.25, 0.3) is 0 Å². The van der Waals surface area contributed by atoms with E-state index in [0.717, 1.165) is 24.2 Å². The predicted octanol–water partition coefficient (Wildman–Crippen LogP) is 0.840. The van der Waals surface area contributed by atoms with Crippen molar-refractivity contribution in [1.29, 1.82) is 0 Å². The molecule has 0 spiro atoms. The van der Waals surface area contributed by atoms with Crippen molar-refractivity contribution in [1.82, 2.24) is 10.3 Å². The zero-order valence-corrected chi connectivity index (χ0v) is 10.1. The molecular formula is C10H13N3O3S. The van der Waals surface area contributed by atoms with Gasteiger partial charge in [-0.3, -0.25) is 4.79 Å². The summed E-state index contributed by atoms with van der Waals surface area (Å²) in [4.78, 5) is 26.7. The molecule has 7 heteroatoms. The Balaban J connectivity index is 2.10. The van der Waals surface area contributed by atoms with Gasteiger partial charge in [0, 0.05) is 6.54 Å². The van der Waals surface area contributed by atoms with Gasteiger partial charge in [0.25, 0.3) is 0 Å². The van der Waals surface area contributed by atoms with E-state index in [0.29, 0.717) is 17.4 Å². The van der Waals surface area contributed by atoms with Crippen LogP contribution < -0.4 is 10.6 Å². The number of rotatable bonds is 3. The van der Waals surface area contributed by atoms with E-state index in [1.165, 1.54) is 0 Å². The summed E-state index contributed by atoms with van der Waals surface area (Å²) in [7, 11) is 0.